The molecule has 1 saturated carbocycles. The predicted octanol–water partition coefficient (Wildman–Crippen LogP) is 4.68. The first kappa shape index (κ1) is 19.9. The van der Waals surface area contributed by atoms with Gasteiger partial charge in [0.2, 0.25) is 5.88 Å². The lowest BCUT2D eigenvalue weighted by Gasteiger charge is -2.11. The van der Waals surface area contributed by atoms with Crippen molar-refractivity contribution in [2.45, 2.75) is 19.4 Å². The number of hydrogen-bond acceptors (Lipinski definition) is 5. The number of ether oxygens (including phenoxy) is 1. The van der Waals surface area contributed by atoms with Crippen LogP contribution in [0.2, 0.25) is 0 Å². The average molecular weight is 425 g/mol. The number of carbonyl (C=O) groups excluding carboxylic acids is 1. The molecule has 1 fully saturated rings. The minimum Gasteiger partial charge on any atom is -0.480 e. The highest BCUT2D eigenvalue weighted by atomic mass is 16.5. The van der Waals surface area contributed by atoms with Gasteiger partial charge in [0.1, 0.15) is 11.4 Å². The molecule has 0 bridgehead atoms. The fourth-order valence-electron chi connectivity index (χ4n) is 3.64. The van der Waals surface area contributed by atoms with Gasteiger partial charge in [0.15, 0.2) is 5.82 Å². The van der Waals surface area contributed by atoms with Crippen molar-refractivity contribution in [1.29, 1.82) is 0 Å². The van der Waals surface area contributed by atoms with Gasteiger partial charge in [-0.1, -0.05) is 30.3 Å². The molecule has 1 aliphatic carbocycles. The van der Waals surface area contributed by atoms with E-state index >= 15 is 0 Å². The Labute approximate surface area is 186 Å². The van der Waals surface area contributed by atoms with Gasteiger partial charge in [-0.15, -0.1) is 0 Å². The van der Waals surface area contributed by atoms with Gasteiger partial charge in [0.05, 0.1) is 7.11 Å². The first-order valence-corrected chi connectivity index (χ1v) is 10.6. The Balaban J connectivity index is 1.43. The first-order chi connectivity index (χ1) is 15.7. The molecule has 0 unspecified atom stereocenters. The van der Waals surface area contributed by atoms with Gasteiger partial charge in [-0.2, -0.15) is 0 Å². The van der Waals surface area contributed by atoms with E-state index in [9.17, 15) is 4.79 Å². The minimum absolute atomic E-state index is 0.204. The number of pyridine rings is 1. The molecule has 0 saturated heterocycles. The van der Waals surface area contributed by atoms with E-state index in [0.29, 0.717) is 29.0 Å². The second-order valence-corrected chi connectivity index (χ2v) is 7.89. The van der Waals surface area contributed by atoms with Gasteiger partial charge in [0.25, 0.3) is 5.91 Å². The second-order valence-electron chi connectivity index (χ2n) is 7.89. The third-order valence-electron chi connectivity index (χ3n) is 5.51. The van der Waals surface area contributed by atoms with Crippen LogP contribution >= 0.6 is 0 Å². The van der Waals surface area contributed by atoms with Crippen LogP contribution in [-0.4, -0.2) is 32.5 Å². The lowest BCUT2D eigenvalue weighted by atomic mass is 10.1. The van der Waals surface area contributed by atoms with E-state index < -0.39 is 0 Å². The van der Waals surface area contributed by atoms with Gasteiger partial charge in [-0.3, -0.25) is 4.79 Å². The van der Waals surface area contributed by atoms with Crippen LogP contribution in [0.15, 0.2) is 73.3 Å². The summed E-state index contributed by atoms with van der Waals surface area (Å²) in [5.74, 6) is 1.47. The number of nitrogens with zero attached hydrogens (tertiary/aromatic N) is 4. The van der Waals surface area contributed by atoms with Gasteiger partial charge in [0, 0.05) is 48.0 Å². The van der Waals surface area contributed by atoms with E-state index in [1.807, 2.05) is 47.2 Å². The zero-order valence-corrected chi connectivity index (χ0v) is 17.7. The SMILES string of the molecule is COc1ncccc1NC(=O)c1cc(-c2cnc(-c3ccccc3)nc2)cn1CC1CC1. The van der Waals surface area contributed by atoms with E-state index in [2.05, 4.69) is 20.3 Å². The van der Waals surface area contributed by atoms with Gasteiger partial charge < -0.3 is 14.6 Å². The van der Waals surface area contributed by atoms with E-state index in [1.54, 1.807) is 30.7 Å². The Morgan fingerprint density at radius 2 is 1.81 bits per heavy atom. The number of benzene rings is 1. The lowest BCUT2D eigenvalue weighted by molar-refractivity contribution is 0.101. The van der Waals surface area contributed by atoms with Crippen molar-refractivity contribution in [1.82, 2.24) is 19.5 Å². The average Bonchev–Trinajstić information content (AvgIpc) is 3.56. The predicted molar refractivity (Wildman–Crippen MR) is 122 cm³/mol. The Kier molecular flexibility index (Phi) is 5.37. The Morgan fingerprint density at radius 3 is 2.53 bits per heavy atom. The van der Waals surface area contributed by atoms with Crippen molar-refractivity contribution in [2.24, 2.45) is 5.92 Å². The van der Waals surface area contributed by atoms with Crippen molar-refractivity contribution in [3.63, 3.8) is 0 Å². The first-order valence-electron chi connectivity index (χ1n) is 10.6. The molecule has 4 aromatic rings. The van der Waals surface area contributed by atoms with Crippen LogP contribution in [-0.2, 0) is 6.54 Å². The van der Waals surface area contributed by atoms with Crippen LogP contribution in [0, 0.1) is 5.92 Å². The van der Waals surface area contributed by atoms with Crippen molar-refractivity contribution in [3.05, 3.63) is 79.0 Å². The highest BCUT2D eigenvalue weighted by molar-refractivity contribution is 6.04. The number of amides is 1. The molecular formula is C25H23N5O2. The molecule has 5 rings (SSSR count). The second kappa shape index (κ2) is 8.63. The highest BCUT2D eigenvalue weighted by Crippen LogP contribution is 2.33. The van der Waals surface area contributed by atoms with Crippen molar-refractivity contribution < 1.29 is 9.53 Å². The lowest BCUT2D eigenvalue weighted by Crippen LogP contribution is -2.18. The minimum atomic E-state index is -0.204. The number of rotatable bonds is 7. The molecule has 160 valence electrons. The summed E-state index contributed by atoms with van der Waals surface area (Å²) in [6.45, 7) is 0.815. The molecule has 0 radical (unpaired) electrons. The molecule has 1 N–H and O–H groups in total. The Hall–Kier alpha value is -4.00. The molecular weight excluding hydrogens is 402 g/mol. The van der Waals surface area contributed by atoms with Gasteiger partial charge in [-0.25, -0.2) is 15.0 Å². The van der Waals surface area contributed by atoms with E-state index in [-0.39, 0.29) is 5.91 Å². The van der Waals surface area contributed by atoms with E-state index in [1.165, 1.54) is 20.0 Å². The van der Waals surface area contributed by atoms with Crippen LogP contribution in [0.4, 0.5) is 5.69 Å². The third-order valence-corrected chi connectivity index (χ3v) is 5.51. The van der Waals surface area contributed by atoms with Gasteiger partial charge in [-0.05, 0) is 37.0 Å². The van der Waals surface area contributed by atoms with Crippen molar-refractivity contribution >= 4 is 11.6 Å². The standard InChI is InChI=1S/C25H23N5O2/c1-32-25-21(8-5-11-26-25)29-24(31)22-12-19(16-30(22)15-17-9-10-17)20-13-27-23(28-14-20)18-6-3-2-4-7-18/h2-8,11-14,16-17H,9-10,15H2,1H3,(H,29,31). The summed E-state index contributed by atoms with van der Waals surface area (Å²) in [6, 6.07) is 15.3. The maximum absolute atomic E-state index is 13.1. The molecule has 1 aromatic carbocycles. The number of hydrogen-bond donors (Lipinski definition) is 1. The molecule has 3 heterocycles. The van der Waals surface area contributed by atoms with Crippen molar-refractivity contribution in [2.75, 3.05) is 12.4 Å². The molecule has 1 amide bonds. The third kappa shape index (κ3) is 4.23. The molecule has 0 spiro atoms. The summed E-state index contributed by atoms with van der Waals surface area (Å²) in [5, 5.41) is 2.93. The van der Waals surface area contributed by atoms with Crippen molar-refractivity contribution in [3.8, 4) is 28.4 Å². The summed E-state index contributed by atoms with van der Waals surface area (Å²) < 4.78 is 7.28. The maximum Gasteiger partial charge on any atom is 0.272 e. The van der Waals surface area contributed by atoms with Crippen LogP contribution in [0.1, 0.15) is 23.3 Å². The summed E-state index contributed by atoms with van der Waals surface area (Å²) in [6.07, 6.45) is 9.63. The Bertz CT molecular complexity index is 1230. The summed E-state index contributed by atoms with van der Waals surface area (Å²) >= 11 is 0. The fraction of sp³-hybridized carbons (Fsp3) is 0.200. The van der Waals surface area contributed by atoms with Gasteiger partial charge >= 0.3 is 0 Å². The number of nitrogens with one attached hydrogen (secondary N) is 1. The maximum atomic E-state index is 13.1. The molecule has 0 aliphatic heterocycles. The largest absolute Gasteiger partial charge is 0.480 e. The number of methoxy groups -OCH3 is 1. The summed E-state index contributed by atoms with van der Waals surface area (Å²) in [4.78, 5) is 26.3. The highest BCUT2D eigenvalue weighted by Gasteiger charge is 2.25. The topological polar surface area (TPSA) is 81.9 Å². The van der Waals surface area contributed by atoms with Crippen LogP contribution in [0.25, 0.3) is 22.5 Å². The number of aromatic nitrogens is 4. The Morgan fingerprint density at radius 1 is 1.03 bits per heavy atom. The zero-order valence-electron chi connectivity index (χ0n) is 17.7. The normalized spacial score (nSPS) is 13.0. The fourth-order valence-corrected chi connectivity index (χ4v) is 3.64. The molecule has 32 heavy (non-hydrogen) atoms. The zero-order chi connectivity index (χ0) is 21.9. The molecule has 7 nitrogen and oxygen atoms in total. The molecule has 0 atom stereocenters. The number of anilines is 1. The molecule has 1 aliphatic rings. The summed E-state index contributed by atoms with van der Waals surface area (Å²) in [5.41, 5.74) is 3.87. The smallest absolute Gasteiger partial charge is 0.272 e. The number of carbonyl (C=O) groups is 1. The molecule has 7 heteroatoms. The van der Waals surface area contributed by atoms with Crippen LogP contribution < -0.4 is 10.1 Å². The van der Waals surface area contributed by atoms with Crippen LogP contribution in [0.3, 0.4) is 0 Å². The van der Waals surface area contributed by atoms with E-state index in [4.69, 9.17) is 4.74 Å². The van der Waals surface area contributed by atoms with E-state index in [0.717, 1.165) is 23.2 Å². The monoisotopic (exact) mass is 425 g/mol. The molecule has 3 aromatic heterocycles. The summed E-state index contributed by atoms with van der Waals surface area (Å²) in [7, 11) is 1.53. The quantitative estimate of drug-likeness (QED) is 0.465. The van der Waals surface area contributed by atoms with Crippen LogP contribution in [0.5, 0.6) is 5.88 Å².